The van der Waals surface area contributed by atoms with Crippen molar-refractivity contribution in [2.24, 2.45) is 11.7 Å². The Balaban J connectivity index is 2.08. The molecule has 2 fully saturated rings. The highest BCUT2D eigenvalue weighted by atomic mass is 15.2. The van der Waals surface area contributed by atoms with E-state index in [0.29, 0.717) is 6.04 Å². The second-order valence-corrected chi connectivity index (χ2v) is 4.82. The molecule has 2 N–H and O–H groups in total. The van der Waals surface area contributed by atoms with Crippen LogP contribution >= 0.6 is 0 Å². The van der Waals surface area contributed by atoms with Crippen LogP contribution in [-0.4, -0.2) is 30.1 Å². The van der Waals surface area contributed by atoms with Gasteiger partial charge in [-0.3, -0.25) is 0 Å². The molecule has 2 nitrogen and oxygen atoms in total. The van der Waals surface area contributed by atoms with Crippen LogP contribution in [0, 0.1) is 5.92 Å². The quantitative estimate of drug-likeness (QED) is 0.703. The molecule has 0 saturated carbocycles. The van der Waals surface area contributed by atoms with Crippen molar-refractivity contribution >= 4 is 0 Å². The summed E-state index contributed by atoms with van der Waals surface area (Å²) in [6, 6.07) is 2.08. The smallest absolute Gasteiger partial charge is 0.0139 e. The molecule has 4 unspecified atom stereocenters. The van der Waals surface area contributed by atoms with E-state index >= 15 is 0 Å². The summed E-state index contributed by atoms with van der Waals surface area (Å²) in [6.45, 7) is 2.27. The SMILES string of the molecule is CCCC1C(N)CC2CCC1N2C. The minimum Gasteiger partial charge on any atom is -0.327 e. The molecule has 2 rings (SSSR count). The van der Waals surface area contributed by atoms with Gasteiger partial charge in [-0.05, 0) is 38.6 Å². The van der Waals surface area contributed by atoms with Crippen molar-refractivity contribution in [1.29, 1.82) is 0 Å². The zero-order valence-corrected chi connectivity index (χ0v) is 8.87. The normalized spacial score (nSPS) is 45.5. The lowest BCUT2D eigenvalue weighted by Gasteiger charge is -2.41. The van der Waals surface area contributed by atoms with Crippen LogP contribution in [0.5, 0.6) is 0 Å². The lowest BCUT2D eigenvalue weighted by atomic mass is 9.83. The molecule has 2 aliphatic rings. The Labute approximate surface area is 81.5 Å². The molecule has 76 valence electrons. The molecule has 0 aromatic carbocycles. The average Bonchev–Trinajstić information content (AvgIpc) is 2.34. The van der Waals surface area contributed by atoms with Crippen LogP contribution in [-0.2, 0) is 0 Å². The van der Waals surface area contributed by atoms with E-state index in [9.17, 15) is 0 Å². The Morgan fingerprint density at radius 3 is 2.85 bits per heavy atom. The van der Waals surface area contributed by atoms with Gasteiger partial charge in [-0.1, -0.05) is 13.3 Å². The predicted molar refractivity (Wildman–Crippen MR) is 55.6 cm³/mol. The van der Waals surface area contributed by atoms with E-state index < -0.39 is 0 Å². The van der Waals surface area contributed by atoms with Crippen LogP contribution in [0.25, 0.3) is 0 Å². The third-order valence-electron chi connectivity index (χ3n) is 4.11. The Morgan fingerprint density at radius 1 is 1.38 bits per heavy atom. The van der Waals surface area contributed by atoms with Gasteiger partial charge in [0.25, 0.3) is 0 Å². The van der Waals surface area contributed by atoms with Gasteiger partial charge in [-0.25, -0.2) is 0 Å². The Kier molecular flexibility index (Phi) is 2.61. The average molecular weight is 182 g/mol. The van der Waals surface area contributed by atoms with E-state index in [4.69, 9.17) is 5.73 Å². The van der Waals surface area contributed by atoms with Crippen molar-refractivity contribution in [3.8, 4) is 0 Å². The largest absolute Gasteiger partial charge is 0.327 e. The summed E-state index contributed by atoms with van der Waals surface area (Å²) in [4.78, 5) is 2.59. The molecule has 2 bridgehead atoms. The first-order valence-corrected chi connectivity index (χ1v) is 5.71. The lowest BCUT2D eigenvalue weighted by molar-refractivity contribution is 0.0962. The van der Waals surface area contributed by atoms with Crippen LogP contribution < -0.4 is 5.73 Å². The summed E-state index contributed by atoms with van der Waals surface area (Å²) < 4.78 is 0. The molecule has 0 aliphatic carbocycles. The summed E-state index contributed by atoms with van der Waals surface area (Å²) in [5.41, 5.74) is 6.22. The maximum atomic E-state index is 6.22. The number of hydrogen-bond acceptors (Lipinski definition) is 2. The van der Waals surface area contributed by atoms with Gasteiger partial charge in [-0.15, -0.1) is 0 Å². The molecular formula is C11H22N2. The summed E-state index contributed by atoms with van der Waals surface area (Å²) >= 11 is 0. The topological polar surface area (TPSA) is 29.3 Å². The van der Waals surface area contributed by atoms with Crippen LogP contribution in [0.4, 0.5) is 0 Å². The van der Waals surface area contributed by atoms with Gasteiger partial charge >= 0.3 is 0 Å². The van der Waals surface area contributed by atoms with Crippen molar-refractivity contribution in [3.05, 3.63) is 0 Å². The van der Waals surface area contributed by atoms with E-state index in [1.807, 2.05) is 0 Å². The summed E-state index contributed by atoms with van der Waals surface area (Å²) in [7, 11) is 2.29. The first kappa shape index (κ1) is 9.47. The number of piperidine rings is 1. The predicted octanol–water partition coefficient (Wildman–Crippen LogP) is 1.60. The van der Waals surface area contributed by atoms with Crippen molar-refractivity contribution in [3.63, 3.8) is 0 Å². The third-order valence-corrected chi connectivity index (χ3v) is 4.11. The molecule has 13 heavy (non-hydrogen) atoms. The monoisotopic (exact) mass is 182 g/mol. The summed E-state index contributed by atoms with van der Waals surface area (Å²) in [5, 5.41) is 0. The zero-order chi connectivity index (χ0) is 9.42. The van der Waals surface area contributed by atoms with Crippen molar-refractivity contribution in [2.75, 3.05) is 7.05 Å². The van der Waals surface area contributed by atoms with E-state index in [-0.39, 0.29) is 0 Å². The van der Waals surface area contributed by atoms with Crippen LogP contribution in [0.3, 0.4) is 0 Å². The van der Waals surface area contributed by atoms with Gasteiger partial charge in [0.1, 0.15) is 0 Å². The lowest BCUT2D eigenvalue weighted by Crippen LogP contribution is -2.52. The summed E-state index contributed by atoms with van der Waals surface area (Å²) in [6.07, 6.45) is 6.61. The molecule has 0 aromatic heterocycles. The second kappa shape index (κ2) is 3.58. The maximum Gasteiger partial charge on any atom is 0.0139 e. The number of hydrogen-bond donors (Lipinski definition) is 1. The third kappa shape index (κ3) is 1.50. The van der Waals surface area contributed by atoms with E-state index in [2.05, 4.69) is 18.9 Å². The van der Waals surface area contributed by atoms with Gasteiger partial charge in [0.05, 0.1) is 0 Å². The van der Waals surface area contributed by atoms with Gasteiger partial charge in [-0.2, -0.15) is 0 Å². The molecule has 2 saturated heterocycles. The minimum absolute atomic E-state index is 0.480. The molecular weight excluding hydrogens is 160 g/mol. The van der Waals surface area contributed by atoms with E-state index in [1.54, 1.807) is 0 Å². The maximum absolute atomic E-state index is 6.22. The first-order chi connectivity index (χ1) is 6.24. The fourth-order valence-corrected chi connectivity index (χ4v) is 3.36. The summed E-state index contributed by atoms with van der Waals surface area (Å²) in [5.74, 6) is 0.772. The van der Waals surface area contributed by atoms with E-state index in [0.717, 1.165) is 18.0 Å². The molecule has 0 radical (unpaired) electrons. The van der Waals surface area contributed by atoms with Crippen molar-refractivity contribution < 1.29 is 0 Å². The Morgan fingerprint density at radius 2 is 2.15 bits per heavy atom. The highest BCUT2D eigenvalue weighted by molar-refractivity contribution is 5.00. The van der Waals surface area contributed by atoms with Gasteiger partial charge in [0.2, 0.25) is 0 Å². The molecule has 2 aliphatic heterocycles. The molecule has 0 amide bonds. The molecule has 2 heteroatoms. The Bertz CT molecular complexity index is 181. The van der Waals surface area contributed by atoms with Crippen molar-refractivity contribution in [2.45, 2.75) is 57.2 Å². The second-order valence-electron chi connectivity index (χ2n) is 4.82. The first-order valence-electron chi connectivity index (χ1n) is 5.71. The van der Waals surface area contributed by atoms with Crippen LogP contribution in [0.15, 0.2) is 0 Å². The minimum atomic E-state index is 0.480. The number of fused-ring (bicyclic) bond motifs is 2. The zero-order valence-electron chi connectivity index (χ0n) is 8.87. The number of rotatable bonds is 2. The molecule has 0 spiro atoms. The molecule has 2 heterocycles. The van der Waals surface area contributed by atoms with Crippen LogP contribution in [0.2, 0.25) is 0 Å². The standard InChI is InChI=1S/C11H22N2/c1-3-4-9-10(12)7-8-5-6-11(9)13(8)2/h8-11H,3-7,12H2,1-2H3. The fourth-order valence-electron chi connectivity index (χ4n) is 3.36. The number of nitrogens with zero attached hydrogens (tertiary/aromatic N) is 1. The van der Waals surface area contributed by atoms with Crippen LogP contribution in [0.1, 0.15) is 39.0 Å². The fraction of sp³-hybridized carbons (Fsp3) is 1.00. The molecule has 4 atom stereocenters. The Hall–Kier alpha value is -0.0800. The molecule has 0 aromatic rings. The highest BCUT2D eigenvalue weighted by Gasteiger charge is 2.43. The van der Waals surface area contributed by atoms with Crippen molar-refractivity contribution in [1.82, 2.24) is 4.90 Å². The van der Waals surface area contributed by atoms with Gasteiger partial charge < -0.3 is 10.6 Å². The highest BCUT2D eigenvalue weighted by Crippen LogP contribution is 2.39. The number of nitrogens with two attached hydrogens (primary N) is 1. The van der Waals surface area contributed by atoms with Gasteiger partial charge in [0, 0.05) is 18.1 Å². The van der Waals surface area contributed by atoms with E-state index in [1.165, 1.54) is 32.1 Å². The van der Waals surface area contributed by atoms with Gasteiger partial charge in [0.15, 0.2) is 0 Å².